The highest BCUT2D eigenvalue weighted by Crippen LogP contribution is 2.40. The Kier molecular flexibility index (Phi) is 7.88. The number of Topliss-reactive ketones (excluding diaryl/α,β-unsaturated/α-hetero) is 1. The summed E-state index contributed by atoms with van der Waals surface area (Å²) < 4.78 is 11.0. The molecular formula is C26H29ClN2O5. The molecule has 2 aliphatic heterocycles. The number of ether oxygens (including phenoxy) is 2. The van der Waals surface area contributed by atoms with Gasteiger partial charge in [0.25, 0.3) is 11.7 Å². The lowest BCUT2D eigenvalue weighted by atomic mass is 9.95. The molecule has 1 N–H and O–H groups in total. The summed E-state index contributed by atoms with van der Waals surface area (Å²) in [5, 5.41) is 11.7. The second-order valence-electron chi connectivity index (χ2n) is 8.37. The number of halogens is 1. The van der Waals surface area contributed by atoms with Crippen molar-refractivity contribution in [3.63, 3.8) is 0 Å². The second-order valence-corrected chi connectivity index (χ2v) is 8.81. The molecule has 8 heteroatoms. The van der Waals surface area contributed by atoms with Crippen LogP contribution in [0, 0.1) is 0 Å². The third kappa shape index (κ3) is 5.27. The number of rotatable bonds is 8. The number of hydrogen-bond acceptors (Lipinski definition) is 6. The average molecular weight is 485 g/mol. The Morgan fingerprint density at radius 3 is 2.53 bits per heavy atom. The van der Waals surface area contributed by atoms with Crippen LogP contribution in [0.25, 0.3) is 5.76 Å². The van der Waals surface area contributed by atoms with E-state index in [0.29, 0.717) is 54.8 Å². The Bertz CT molecular complexity index is 1060. The molecule has 0 aliphatic carbocycles. The average Bonchev–Trinajstić information content (AvgIpc) is 3.11. The minimum atomic E-state index is -0.726. The Morgan fingerprint density at radius 2 is 1.85 bits per heavy atom. The topological polar surface area (TPSA) is 79.3 Å². The lowest BCUT2D eigenvalue weighted by Gasteiger charge is -2.31. The van der Waals surface area contributed by atoms with Crippen molar-refractivity contribution in [2.24, 2.45) is 0 Å². The van der Waals surface area contributed by atoms with Gasteiger partial charge in [-0.25, -0.2) is 0 Å². The highest BCUT2D eigenvalue weighted by molar-refractivity contribution is 6.46. The molecule has 2 heterocycles. The Balaban J connectivity index is 1.68. The van der Waals surface area contributed by atoms with Gasteiger partial charge in [0.15, 0.2) is 0 Å². The van der Waals surface area contributed by atoms with Gasteiger partial charge in [-0.15, -0.1) is 0 Å². The molecule has 2 aromatic carbocycles. The first-order valence-electron chi connectivity index (χ1n) is 11.6. The molecule has 2 aromatic rings. The fraction of sp³-hybridized carbons (Fsp3) is 0.385. The molecule has 7 nitrogen and oxygen atoms in total. The van der Waals surface area contributed by atoms with E-state index in [1.807, 2.05) is 13.0 Å². The van der Waals surface area contributed by atoms with Crippen molar-refractivity contribution in [3.8, 4) is 5.75 Å². The van der Waals surface area contributed by atoms with Crippen LogP contribution in [-0.2, 0) is 14.3 Å². The number of likely N-dealkylation sites (tertiary alicyclic amines) is 1. The van der Waals surface area contributed by atoms with Gasteiger partial charge in [0, 0.05) is 36.8 Å². The van der Waals surface area contributed by atoms with Gasteiger partial charge in [0.1, 0.15) is 11.5 Å². The Hall–Kier alpha value is -2.87. The predicted octanol–water partition coefficient (Wildman–Crippen LogP) is 3.88. The van der Waals surface area contributed by atoms with Crippen molar-refractivity contribution in [2.45, 2.75) is 19.4 Å². The Morgan fingerprint density at radius 1 is 1.12 bits per heavy atom. The van der Waals surface area contributed by atoms with Gasteiger partial charge in [0.05, 0.1) is 31.4 Å². The highest BCUT2D eigenvalue weighted by atomic mass is 35.5. The van der Waals surface area contributed by atoms with E-state index in [1.165, 1.54) is 4.90 Å². The molecule has 2 saturated heterocycles. The number of amides is 1. The summed E-state index contributed by atoms with van der Waals surface area (Å²) >= 11 is 6.24. The maximum atomic E-state index is 13.2. The molecule has 1 atom stereocenters. The van der Waals surface area contributed by atoms with Crippen LogP contribution in [0.5, 0.6) is 5.75 Å². The summed E-state index contributed by atoms with van der Waals surface area (Å²) in [6.45, 7) is 6.42. The van der Waals surface area contributed by atoms with Crippen LogP contribution in [0.1, 0.15) is 30.5 Å². The standard InChI is InChI=1S/C26H29ClN2O5/c1-2-14-34-21-8-6-18(7-9-21)24(30)22-23(19-4-3-5-20(27)17-19)29(26(32)25(22)31)11-10-28-12-15-33-16-13-28/h3-9,17,23,30H,2,10-16H2,1H3/b24-22-. The molecule has 0 bridgehead atoms. The summed E-state index contributed by atoms with van der Waals surface area (Å²) in [4.78, 5) is 30.0. The van der Waals surface area contributed by atoms with Crippen LogP contribution in [0.3, 0.4) is 0 Å². The molecule has 1 amide bonds. The normalized spacial score (nSPS) is 20.6. The number of hydrogen-bond donors (Lipinski definition) is 1. The summed E-state index contributed by atoms with van der Waals surface area (Å²) in [6, 6.07) is 13.2. The van der Waals surface area contributed by atoms with Crippen molar-refractivity contribution in [1.82, 2.24) is 9.80 Å². The zero-order valence-electron chi connectivity index (χ0n) is 19.2. The quantitative estimate of drug-likeness (QED) is 0.348. The number of ketones is 1. The number of benzene rings is 2. The van der Waals surface area contributed by atoms with Crippen LogP contribution in [0.2, 0.25) is 5.02 Å². The molecule has 2 aliphatic rings. The van der Waals surface area contributed by atoms with Crippen LogP contribution in [0.4, 0.5) is 0 Å². The molecule has 0 radical (unpaired) electrons. The summed E-state index contributed by atoms with van der Waals surface area (Å²) in [7, 11) is 0. The first-order valence-corrected chi connectivity index (χ1v) is 11.9. The van der Waals surface area contributed by atoms with Gasteiger partial charge in [-0.3, -0.25) is 14.5 Å². The van der Waals surface area contributed by atoms with Crippen LogP contribution >= 0.6 is 11.6 Å². The summed E-state index contributed by atoms with van der Waals surface area (Å²) in [6.07, 6.45) is 0.884. The first-order chi connectivity index (χ1) is 16.5. The number of aliphatic hydroxyl groups is 1. The van der Waals surface area contributed by atoms with Crippen molar-refractivity contribution >= 4 is 29.1 Å². The number of nitrogens with zero attached hydrogens (tertiary/aromatic N) is 2. The maximum absolute atomic E-state index is 13.2. The van der Waals surface area contributed by atoms with E-state index in [9.17, 15) is 14.7 Å². The predicted molar refractivity (Wildman–Crippen MR) is 130 cm³/mol. The largest absolute Gasteiger partial charge is 0.507 e. The minimum absolute atomic E-state index is 0.0662. The van der Waals surface area contributed by atoms with Gasteiger partial charge in [-0.1, -0.05) is 30.7 Å². The number of morpholine rings is 1. The van der Waals surface area contributed by atoms with Crippen molar-refractivity contribution in [1.29, 1.82) is 0 Å². The van der Waals surface area contributed by atoms with Crippen LogP contribution in [-0.4, -0.2) is 72.6 Å². The molecule has 0 spiro atoms. The zero-order valence-corrected chi connectivity index (χ0v) is 20.0. The lowest BCUT2D eigenvalue weighted by molar-refractivity contribution is -0.140. The number of carbonyl (C=O) groups excluding carboxylic acids is 2. The molecule has 1 unspecified atom stereocenters. The van der Waals surface area contributed by atoms with Gasteiger partial charge < -0.3 is 19.5 Å². The van der Waals surface area contributed by atoms with Crippen molar-refractivity contribution in [2.75, 3.05) is 46.0 Å². The van der Waals surface area contributed by atoms with Gasteiger partial charge in [-0.05, 0) is 48.4 Å². The van der Waals surface area contributed by atoms with Gasteiger partial charge in [0.2, 0.25) is 0 Å². The smallest absolute Gasteiger partial charge is 0.295 e. The van der Waals surface area contributed by atoms with Crippen molar-refractivity contribution < 1.29 is 24.2 Å². The minimum Gasteiger partial charge on any atom is -0.507 e. The van der Waals surface area contributed by atoms with E-state index in [-0.39, 0.29) is 11.3 Å². The molecule has 34 heavy (non-hydrogen) atoms. The third-order valence-corrected chi connectivity index (χ3v) is 6.30. The fourth-order valence-corrected chi connectivity index (χ4v) is 4.49. The van der Waals surface area contributed by atoms with Gasteiger partial charge >= 0.3 is 0 Å². The molecular weight excluding hydrogens is 456 g/mol. The molecule has 2 fully saturated rings. The van der Waals surface area contributed by atoms with E-state index in [0.717, 1.165) is 19.5 Å². The van der Waals surface area contributed by atoms with Crippen LogP contribution < -0.4 is 4.74 Å². The van der Waals surface area contributed by atoms with E-state index < -0.39 is 17.7 Å². The van der Waals surface area contributed by atoms with Crippen molar-refractivity contribution in [3.05, 3.63) is 70.3 Å². The molecule has 4 rings (SSSR count). The molecule has 0 saturated carbocycles. The zero-order chi connectivity index (χ0) is 24.1. The maximum Gasteiger partial charge on any atom is 0.295 e. The van der Waals surface area contributed by atoms with E-state index in [1.54, 1.807) is 42.5 Å². The number of carbonyl (C=O) groups is 2. The first kappa shape index (κ1) is 24.3. The Labute approximate surface area is 204 Å². The van der Waals surface area contributed by atoms with E-state index >= 15 is 0 Å². The van der Waals surface area contributed by atoms with E-state index in [2.05, 4.69) is 4.90 Å². The molecule has 180 valence electrons. The van der Waals surface area contributed by atoms with E-state index in [4.69, 9.17) is 21.1 Å². The molecule has 0 aromatic heterocycles. The third-order valence-electron chi connectivity index (χ3n) is 6.07. The highest BCUT2D eigenvalue weighted by Gasteiger charge is 2.46. The fourth-order valence-electron chi connectivity index (χ4n) is 4.29. The second kappa shape index (κ2) is 11.0. The SMILES string of the molecule is CCCOc1ccc(/C(O)=C2/C(=O)C(=O)N(CCN3CCOCC3)C2c2cccc(Cl)c2)cc1. The monoisotopic (exact) mass is 484 g/mol. The van der Waals surface area contributed by atoms with Crippen LogP contribution in [0.15, 0.2) is 54.1 Å². The van der Waals surface area contributed by atoms with Gasteiger partial charge in [-0.2, -0.15) is 0 Å². The lowest BCUT2D eigenvalue weighted by Crippen LogP contribution is -2.42. The summed E-state index contributed by atoms with van der Waals surface area (Å²) in [5.41, 5.74) is 1.19. The summed E-state index contributed by atoms with van der Waals surface area (Å²) in [5.74, 6) is -0.853. The number of aliphatic hydroxyl groups excluding tert-OH is 1.